The molecule has 0 saturated heterocycles. The average Bonchev–Trinajstić information content (AvgIpc) is 3.73. The molecule has 0 heterocycles. The summed E-state index contributed by atoms with van der Waals surface area (Å²) in [6, 6.07) is 67.8. The van der Waals surface area contributed by atoms with E-state index in [4.69, 9.17) is 0 Å². The van der Waals surface area contributed by atoms with Gasteiger partial charge in [0.25, 0.3) is 0 Å². The van der Waals surface area contributed by atoms with E-state index in [2.05, 4.69) is 182 Å². The van der Waals surface area contributed by atoms with E-state index in [1.165, 1.54) is 121 Å². The molecule has 0 nitrogen and oxygen atoms in total. The zero-order valence-electron chi connectivity index (χ0n) is 28.3. The monoisotopic (exact) mass is 654 g/mol. The summed E-state index contributed by atoms with van der Waals surface area (Å²) in [5, 5.41) is 10.5. The molecule has 10 aromatic carbocycles. The standard InChI is InChI=1S/C52H30/c1-3-15-31(16-4-1)45-36-21-9-10-22-37(36)46(32-17-5-2-6-18-32)52-44-30-29-41(39-26-14-28-43(48(39)44)51(45)52)47-38-23-11-12-24-40(38)49-34-20-8-7-19-33(34)35-25-13-27-42(47)50(35)49/h1-30H. The van der Waals surface area contributed by atoms with Crippen molar-refractivity contribution in [1.82, 2.24) is 0 Å². The first-order valence-corrected chi connectivity index (χ1v) is 18.2. The quantitative estimate of drug-likeness (QED) is 0.166. The lowest BCUT2D eigenvalue weighted by atomic mass is 9.82. The van der Waals surface area contributed by atoms with Gasteiger partial charge in [0.2, 0.25) is 0 Å². The first-order valence-electron chi connectivity index (χ1n) is 18.2. The number of hydrogen-bond acceptors (Lipinski definition) is 0. The van der Waals surface area contributed by atoms with E-state index >= 15 is 0 Å². The van der Waals surface area contributed by atoms with Gasteiger partial charge in [-0.2, -0.15) is 0 Å². The molecule has 238 valence electrons. The molecule has 0 amide bonds. The molecule has 2 aliphatic carbocycles. The Hall–Kier alpha value is -6.76. The fourth-order valence-corrected chi connectivity index (χ4v) is 9.79. The zero-order valence-corrected chi connectivity index (χ0v) is 28.3. The van der Waals surface area contributed by atoms with Crippen molar-refractivity contribution in [3.05, 3.63) is 182 Å². The molecule has 0 atom stereocenters. The van der Waals surface area contributed by atoms with Crippen molar-refractivity contribution in [2.24, 2.45) is 0 Å². The highest BCUT2D eigenvalue weighted by Gasteiger charge is 2.32. The van der Waals surface area contributed by atoms with Gasteiger partial charge in [-0.25, -0.2) is 0 Å². The van der Waals surface area contributed by atoms with Gasteiger partial charge >= 0.3 is 0 Å². The van der Waals surface area contributed by atoms with Crippen LogP contribution in [0.4, 0.5) is 0 Å². The van der Waals surface area contributed by atoms with Gasteiger partial charge in [0.05, 0.1) is 0 Å². The summed E-state index contributed by atoms with van der Waals surface area (Å²) in [7, 11) is 0. The van der Waals surface area contributed by atoms with Crippen LogP contribution in [-0.2, 0) is 0 Å². The summed E-state index contributed by atoms with van der Waals surface area (Å²) >= 11 is 0. The van der Waals surface area contributed by atoms with Crippen LogP contribution in [0.25, 0.3) is 121 Å². The van der Waals surface area contributed by atoms with Gasteiger partial charge < -0.3 is 0 Å². The molecule has 0 heteroatoms. The number of rotatable bonds is 3. The van der Waals surface area contributed by atoms with E-state index < -0.39 is 0 Å². The molecule has 2 aliphatic rings. The van der Waals surface area contributed by atoms with Crippen molar-refractivity contribution in [2.75, 3.05) is 0 Å². The smallest absolute Gasteiger partial charge is 0.000741 e. The molecule has 52 heavy (non-hydrogen) atoms. The fraction of sp³-hybridized carbons (Fsp3) is 0. The lowest BCUT2D eigenvalue weighted by Crippen LogP contribution is -1.93. The molecular formula is C52H30. The molecule has 0 fully saturated rings. The third-order valence-electron chi connectivity index (χ3n) is 11.7. The highest BCUT2D eigenvalue weighted by molar-refractivity contribution is 6.33. The number of fused-ring (bicyclic) bond motifs is 9. The minimum Gasteiger partial charge on any atom is -0.0622 e. The van der Waals surface area contributed by atoms with Crippen molar-refractivity contribution < 1.29 is 0 Å². The predicted octanol–water partition coefficient (Wildman–Crippen LogP) is 14.6. The van der Waals surface area contributed by atoms with Crippen LogP contribution in [0.5, 0.6) is 0 Å². The summed E-state index contributed by atoms with van der Waals surface area (Å²) in [5.41, 5.74) is 18.4. The van der Waals surface area contributed by atoms with Crippen LogP contribution in [-0.4, -0.2) is 0 Å². The van der Waals surface area contributed by atoms with E-state index in [0.717, 1.165) is 0 Å². The zero-order chi connectivity index (χ0) is 33.9. The maximum atomic E-state index is 2.43. The summed E-state index contributed by atoms with van der Waals surface area (Å²) in [5.74, 6) is 0. The second-order valence-electron chi connectivity index (χ2n) is 14.2. The summed E-state index contributed by atoms with van der Waals surface area (Å²) < 4.78 is 0. The van der Waals surface area contributed by atoms with Crippen molar-refractivity contribution in [3.8, 4) is 77.9 Å². The molecule has 0 unspecified atom stereocenters. The fourth-order valence-electron chi connectivity index (χ4n) is 9.79. The first-order chi connectivity index (χ1) is 25.9. The highest BCUT2D eigenvalue weighted by Crippen LogP contribution is 2.60. The Bertz CT molecular complexity index is 3060. The highest BCUT2D eigenvalue weighted by atomic mass is 14.3. The Kier molecular flexibility index (Phi) is 5.59. The minimum atomic E-state index is 1.25. The van der Waals surface area contributed by atoms with Gasteiger partial charge in [-0.15, -0.1) is 0 Å². The molecule has 0 radical (unpaired) electrons. The Morgan fingerprint density at radius 1 is 0.173 bits per heavy atom. The van der Waals surface area contributed by atoms with Crippen LogP contribution in [0, 0.1) is 0 Å². The average molecular weight is 655 g/mol. The molecule has 0 N–H and O–H groups in total. The summed E-state index contributed by atoms with van der Waals surface area (Å²) in [6.07, 6.45) is 0. The molecule has 0 saturated carbocycles. The largest absolute Gasteiger partial charge is 0.0622 e. The van der Waals surface area contributed by atoms with Gasteiger partial charge in [-0.3, -0.25) is 0 Å². The van der Waals surface area contributed by atoms with Gasteiger partial charge in [-0.1, -0.05) is 182 Å². The Morgan fingerprint density at radius 3 is 1.23 bits per heavy atom. The third-order valence-corrected chi connectivity index (χ3v) is 11.7. The van der Waals surface area contributed by atoms with Crippen molar-refractivity contribution in [3.63, 3.8) is 0 Å². The normalized spacial score (nSPS) is 12.2. The second-order valence-corrected chi connectivity index (χ2v) is 14.2. The first kappa shape index (κ1) is 28.0. The minimum absolute atomic E-state index is 1.25. The summed E-state index contributed by atoms with van der Waals surface area (Å²) in [6.45, 7) is 0. The molecule has 0 aliphatic heterocycles. The van der Waals surface area contributed by atoms with E-state index in [0.29, 0.717) is 0 Å². The van der Waals surface area contributed by atoms with Gasteiger partial charge in [0, 0.05) is 0 Å². The van der Waals surface area contributed by atoms with E-state index in [1.807, 2.05) is 0 Å². The number of hydrogen-bond donors (Lipinski definition) is 0. The lowest BCUT2D eigenvalue weighted by molar-refractivity contribution is 1.62. The predicted molar refractivity (Wildman–Crippen MR) is 222 cm³/mol. The van der Waals surface area contributed by atoms with Gasteiger partial charge in [-0.05, 0) is 121 Å². The molecule has 0 bridgehead atoms. The van der Waals surface area contributed by atoms with Crippen LogP contribution < -0.4 is 0 Å². The topological polar surface area (TPSA) is 0 Å². The summed E-state index contributed by atoms with van der Waals surface area (Å²) in [4.78, 5) is 0. The maximum absolute atomic E-state index is 2.43. The lowest BCUT2D eigenvalue weighted by Gasteiger charge is -2.20. The SMILES string of the molecule is c1ccc(-c2c3c(c(-c4ccccc4)c4ccccc24)-c2ccc(-c4c5ccccc5c5c6c(cccc46)-c4ccccc4-5)c4cccc-3c24)cc1. The van der Waals surface area contributed by atoms with Crippen LogP contribution >= 0.6 is 0 Å². The second kappa shape index (κ2) is 10.4. The van der Waals surface area contributed by atoms with Crippen LogP contribution in [0.3, 0.4) is 0 Å². The third kappa shape index (κ3) is 3.56. The van der Waals surface area contributed by atoms with Crippen LogP contribution in [0.15, 0.2) is 182 Å². The van der Waals surface area contributed by atoms with Crippen molar-refractivity contribution in [1.29, 1.82) is 0 Å². The van der Waals surface area contributed by atoms with E-state index in [9.17, 15) is 0 Å². The Balaban J connectivity index is 1.24. The molecule has 10 aromatic rings. The Morgan fingerprint density at radius 2 is 0.596 bits per heavy atom. The van der Waals surface area contributed by atoms with Crippen LogP contribution in [0.2, 0.25) is 0 Å². The van der Waals surface area contributed by atoms with E-state index in [-0.39, 0.29) is 0 Å². The van der Waals surface area contributed by atoms with E-state index in [1.54, 1.807) is 0 Å². The molecule has 0 aromatic heterocycles. The van der Waals surface area contributed by atoms with Crippen molar-refractivity contribution in [2.45, 2.75) is 0 Å². The van der Waals surface area contributed by atoms with Crippen molar-refractivity contribution >= 4 is 43.1 Å². The molecular weight excluding hydrogens is 625 g/mol. The van der Waals surface area contributed by atoms with Gasteiger partial charge in [0.1, 0.15) is 0 Å². The number of benzene rings is 10. The Labute approximate surface area is 301 Å². The maximum Gasteiger partial charge on any atom is -0.000741 e. The van der Waals surface area contributed by atoms with Gasteiger partial charge in [0.15, 0.2) is 0 Å². The molecule has 0 spiro atoms. The molecule has 12 rings (SSSR count). The van der Waals surface area contributed by atoms with Crippen LogP contribution in [0.1, 0.15) is 0 Å².